The van der Waals surface area contributed by atoms with E-state index in [0.717, 1.165) is 45.6 Å². The number of carbonyl (C=O) groups is 1. The maximum absolute atomic E-state index is 13.0. The van der Waals surface area contributed by atoms with Gasteiger partial charge in [0.05, 0.1) is 6.20 Å². The average molecular weight is 470 g/mol. The maximum atomic E-state index is 13.0. The fourth-order valence-corrected chi connectivity index (χ4v) is 4.31. The number of anilines is 1. The topological polar surface area (TPSA) is 79.2 Å². The summed E-state index contributed by atoms with van der Waals surface area (Å²) in [5.41, 5.74) is 2.83. The van der Waals surface area contributed by atoms with E-state index >= 15 is 0 Å². The van der Waals surface area contributed by atoms with Crippen LogP contribution in [0.1, 0.15) is 48.2 Å². The molecule has 0 saturated carbocycles. The smallest absolute Gasteiger partial charge is 0.276 e. The summed E-state index contributed by atoms with van der Waals surface area (Å²) in [6, 6.07) is 2.61. The summed E-state index contributed by atoms with van der Waals surface area (Å²) in [5, 5.41) is 11.9. The van der Waals surface area contributed by atoms with E-state index in [-0.39, 0.29) is 30.7 Å². The molecule has 2 aliphatic heterocycles. The molecule has 2 saturated heterocycles. The largest absolute Gasteiger partial charge is 0.369 e. The fourth-order valence-electron chi connectivity index (χ4n) is 4.31. The minimum atomic E-state index is -0.0136. The van der Waals surface area contributed by atoms with E-state index in [1.807, 2.05) is 22.0 Å². The lowest BCUT2D eigenvalue weighted by atomic mass is 10.0. The molecule has 0 bridgehead atoms. The Labute approximate surface area is 196 Å². The lowest BCUT2D eigenvalue weighted by Gasteiger charge is -2.24. The Kier molecular flexibility index (Phi) is 9.99. The molecule has 172 valence electrons. The molecule has 0 radical (unpaired) electrons. The highest BCUT2D eigenvalue weighted by molar-refractivity contribution is 5.92. The van der Waals surface area contributed by atoms with Crippen molar-refractivity contribution in [3.63, 3.8) is 0 Å². The SMILES string of the molecule is Cc1cnccc1N1CCCN(C(=O)c2cn(CCC3CCCCN3)nn2)CC1.Cl.Cl. The Morgan fingerprint density at radius 2 is 2.03 bits per heavy atom. The molecule has 0 spiro atoms. The number of piperidine rings is 1. The molecule has 1 unspecified atom stereocenters. The van der Waals surface area contributed by atoms with Crippen LogP contribution in [0.5, 0.6) is 0 Å². The summed E-state index contributed by atoms with van der Waals surface area (Å²) in [6.45, 7) is 7.19. The van der Waals surface area contributed by atoms with Gasteiger partial charge in [0.1, 0.15) is 0 Å². The number of hydrogen-bond acceptors (Lipinski definition) is 6. The van der Waals surface area contributed by atoms with Crippen LogP contribution < -0.4 is 10.2 Å². The predicted octanol–water partition coefficient (Wildman–Crippen LogP) is 2.71. The molecule has 2 aromatic heterocycles. The van der Waals surface area contributed by atoms with Crippen LogP contribution in [0.3, 0.4) is 0 Å². The molecule has 2 fully saturated rings. The van der Waals surface area contributed by atoms with Crippen LogP contribution in [-0.2, 0) is 6.54 Å². The molecule has 2 aromatic rings. The molecule has 0 aromatic carbocycles. The molecule has 4 heterocycles. The average Bonchev–Trinajstić information content (AvgIpc) is 3.10. The first-order valence-electron chi connectivity index (χ1n) is 10.8. The molecule has 1 amide bonds. The third kappa shape index (κ3) is 6.54. The number of halogens is 2. The molecule has 1 N–H and O–H groups in total. The van der Waals surface area contributed by atoms with Gasteiger partial charge in [0.25, 0.3) is 5.91 Å². The Balaban J connectivity index is 0.00000171. The van der Waals surface area contributed by atoms with Gasteiger partial charge in [0.2, 0.25) is 0 Å². The summed E-state index contributed by atoms with van der Waals surface area (Å²) in [6.07, 6.45) is 11.3. The van der Waals surface area contributed by atoms with Crippen molar-refractivity contribution in [2.45, 2.75) is 51.6 Å². The number of aromatic nitrogens is 4. The summed E-state index contributed by atoms with van der Waals surface area (Å²) in [5.74, 6) is -0.0136. The molecule has 8 nitrogen and oxygen atoms in total. The third-order valence-electron chi connectivity index (χ3n) is 5.99. The first-order valence-corrected chi connectivity index (χ1v) is 10.8. The second-order valence-corrected chi connectivity index (χ2v) is 8.10. The number of nitrogens with one attached hydrogen (secondary N) is 1. The summed E-state index contributed by atoms with van der Waals surface area (Å²) in [7, 11) is 0. The van der Waals surface area contributed by atoms with Gasteiger partial charge in [-0.05, 0) is 50.8 Å². The highest BCUT2D eigenvalue weighted by atomic mass is 35.5. The number of nitrogens with zero attached hydrogens (tertiary/aromatic N) is 6. The minimum Gasteiger partial charge on any atom is -0.369 e. The molecular weight excluding hydrogens is 437 g/mol. The van der Waals surface area contributed by atoms with Crippen molar-refractivity contribution in [1.29, 1.82) is 0 Å². The molecule has 0 aliphatic carbocycles. The van der Waals surface area contributed by atoms with Crippen LogP contribution >= 0.6 is 24.8 Å². The van der Waals surface area contributed by atoms with E-state index in [1.165, 1.54) is 30.5 Å². The van der Waals surface area contributed by atoms with Gasteiger partial charge in [0.15, 0.2) is 5.69 Å². The number of rotatable bonds is 5. The molecule has 4 rings (SSSR count). The van der Waals surface area contributed by atoms with Crippen LogP contribution in [0.4, 0.5) is 5.69 Å². The van der Waals surface area contributed by atoms with Gasteiger partial charge < -0.3 is 15.1 Å². The molecule has 2 aliphatic rings. The number of amides is 1. The number of aryl methyl sites for hydroxylation is 2. The number of carbonyl (C=O) groups excluding carboxylic acids is 1. The minimum absolute atomic E-state index is 0. The van der Waals surface area contributed by atoms with Crippen LogP contribution in [0.25, 0.3) is 0 Å². The van der Waals surface area contributed by atoms with Gasteiger partial charge in [-0.3, -0.25) is 14.5 Å². The maximum Gasteiger partial charge on any atom is 0.276 e. The van der Waals surface area contributed by atoms with E-state index < -0.39 is 0 Å². The number of hydrogen-bond donors (Lipinski definition) is 1. The van der Waals surface area contributed by atoms with E-state index in [2.05, 4.69) is 38.5 Å². The van der Waals surface area contributed by atoms with Gasteiger partial charge in [-0.1, -0.05) is 11.6 Å². The van der Waals surface area contributed by atoms with Gasteiger partial charge >= 0.3 is 0 Å². The molecule has 1 atom stereocenters. The van der Waals surface area contributed by atoms with Crippen molar-refractivity contribution in [1.82, 2.24) is 30.2 Å². The van der Waals surface area contributed by atoms with Gasteiger partial charge in [-0.25, -0.2) is 0 Å². The van der Waals surface area contributed by atoms with Crippen LogP contribution in [0, 0.1) is 6.92 Å². The van der Waals surface area contributed by atoms with Crippen molar-refractivity contribution < 1.29 is 4.79 Å². The van der Waals surface area contributed by atoms with Crippen LogP contribution in [0.2, 0.25) is 0 Å². The standard InChI is InChI=1S/C21H31N7O.2ClH/c1-17-15-22-9-6-20(17)26-10-4-11-27(14-13-26)21(29)19-16-28(25-24-19)12-7-18-5-2-3-8-23-18;;/h6,9,15-16,18,23H,2-5,7-8,10-14H2,1H3;2*1H. The van der Waals surface area contributed by atoms with Gasteiger partial charge in [-0.15, -0.1) is 29.9 Å². The van der Waals surface area contributed by atoms with Crippen molar-refractivity contribution in [3.8, 4) is 0 Å². The van der Waals surface area contributed by atoms with Crippen molar-refractivity contribution in [2.24, 2.45) is 0 Å². The van der Waals surface area contributed by atoms with Crippen LogP contribution in [-0.4, -0.2) is 69.6 Å². The Hall–Kier alpha value is -1.90. The Morgan fingerprint density at radius 3 is 2.81 bits per heavy atom. The third-order valence-corrected chi connectivity index (χ3v) is 5.99. The predicted molar refractivity (Wildman–Crippen MR) is 126 cm³/mol. The Morgan fingerprint density at radius 1 is 1.16 bits per heavy atom. The summed E-state index contributed by atoms with van der Waals surface area (Å²) in [4.78, 5) is 21.4. The first kappa shape index (κ1) is 25.4. The fraction of sp³-hybridized carbons (Fsp3) is 0.619. The van der Waals surface area contributed by atoms with E-state index in [9.17, 15) is 4.79 Å². The molecule has 31 heavy (non-hydrogen) atoms. The second kappa shape index (κ2) is 12.2. The molecular formula is C21H33Cl2N7O. The molecule has 10 heteroatoms. The highest BCUT2D eigenvalue weighted by Gasteiger charge is 2.23. The second-order valence-electron chi connectivity index (χ2n) is 8.10. The zero-order valence-corrected chi connectivity index (χ0v) is 19.7. The Bertz CT molecular complexity index is 826. The summed E-state index contributed by atoms with van der Waals surface area (Å²) >= 11 is 0. The lowest BCUT2D eigenvalue weighted by Crippen LogP contribution is -2.35. The van der Waals surface area contributed by atoms with E-state index in [1.54, 1.807) is 6.20 Å². The highest BCUT2D eigenvalue weighted by Crippen LogP contribution is 2.20. The summed E-state index contributed by atoms with van der Waals surface area (Å²) < 4.78 is 1.81. The lowest BCUT2D eigenvalue weighted by molar-refractivity contribution is 0.0761. The van der Waals surface area contributed by atoms with Crippen molar-refractivity contribution >= 4 is 36.4 Å². The van der Waals surface area contributed by atoms with Crippen molar-refractivity contribution in [2.75, 3.05) is 37.6 Å². The van der Waals surface area contributed by atoms with Gasteiger partial charge in [-0.2, -0.15) is 0 Å². The van der Waals surface area contributed by atoms with Crippen molar-refractivity contribution in [3.05, 3.63) is 35.9 Å². The monoisotopic (exact) mass is 469 g/mol. The van der Waals surface area contributed by atoms with Gasteiger partial charge in [0, 0.05) is 56.8 Å². The zero-order valence-electron chi connectivity index (χ0n) is 18.1. The zero-order chi connectivity index (χ0) is 20.1. The first-order chi connectivity index (χ1) is 14.2. The van der Waals surface area contributed by atoms with E-state index in [4.69, 9.17) is 0 Å². The van der Waals surface area contributed by atoms with Crippen LogP contribution in [0.15, 0.2) is 24.7 Å². The number of pyridine rings is 1. The quantitative estimate of drug-likeness (QED) is 0.724. The normalized spacial score (nSPS) is 19.2. The van der Waals surface area contributed by atoms with E-state index in [0.29, 0.717) is 18.3 Å².